The van der Waals surface area contributed by atoms with Gasteiger partial charge in [0.2, 0.25) is 0 Å². The van der Waals surface area contributed by atoms with E-state index in [4.69, 9.17) is 9.72 Å². The molecule has 4 heteroatoms. The summed E-state index contributed by atoms with van der Waals surface area (Å²) in [6.07, 6.45) is 1.75. The van der Waals surface area contributed by atoms with Crippen LogP contribution in [0.1, 0.15) is 57.7 Å². The highest BCUT2D eigenvalue weighted by Gasteiger charge is 2.31. The number of hydrogen-bond donors (Lipinski definition) is 1. The van der Waals surface area contributed by atoms with Gasteiger partial charge < -0.3 is 10.1 Å². The van der Waals surface area contributed by atoms with Gasteiger partial charge in [0, 0.05) is 25.4 Å². The van der Waals surface area contributed by atoms with E-state index in [0.717, 1.165) is 36.6 Å². The van der Waals surface area contributed by atoms with Gasteiger partial charge >= 0.3 is 0 Å². The molecule has 0 fully saturated rings. The average molecular weight is 265 g/mol. The fraction of sp³-hybridized carbons (Fsp3) is 0.733. The molecule has 0 bridgehead atoms. The van der Waals surface area contributed by atoms with E-state index in [2.05, 4.69) is 38.0 Å². The molecule has 4 nitrogen and oxygen atoms in total. The van der Waals surface area contributed by atoms with Crippen molar-refractivity contribution in [1.29, 1.82) is 0 Å². The van der Waals surface area contributed by atoms with E-state index in [1.54, 1.807) is 7.11 Å². The lowest BCUT2D eigenvalue weighted by Crippen LogP contribution is -2.31. The van der Waals surface area contributed by atoms with Crippen LogP contribution in [0.2, 0.25) is 0 Å². The Morgan fingerprint density at radius 2 is 1.89 bits per heavy atom. The number of hydrogen-bond acceptors (Lipinski definition) is 4. The van der Waals surface area contributed by atoms with Crippen LogP contribution in [0.5, 0.6) is 0 Å². The Kier molecular flexibility index (Phi) is 5.88. The highest BCUT2D eigenvalue weighted by Crippen LogP contribution is 2.29. The maximum Gasteiger partial charge on any atom is 0.160 e. The normalized spacial score (nSPS) is 12.2. The van der Waals surface area contributed by atoms with E-state index in [0.29, 0.717) is 6.04 Å². The van der Waals surface area contributed by atoms with Gasteiger partial charge in [0.1, 0.15) is 5.60 Å². The van der Waals surface area contributed by atoms with Crippen LogP contribution in [0.15, 0.2) is 6.07 Å². The van der Waals surface area contributed by atoms with Gasteiger partial charge in [-0.25, -0.2) is 9.97 Å². The molecule has 1 N–H and O–H groups in total. The monoisotopic (exact) mass is 265 g/mol. The van der Waals surface area contributed by atoms with Crippen molar-refractivity contribution in [3.63, 3.8) is 0 Å². The molecule has 0 radical (unpaired) electrons. The molecule has 0 amide bonds. The predicted octanol–water partition coefficient (Wildman–Crippen LogP) is 2.94. The number of rotatable bonds is 7. The third-order valence-electron chi connectivity index (χ3n) is 3.54. The van der Waals surface area contributed by atoms with Crippen molar-refractivity contribution < 1.29 is 4.74 Å². The van der Waals surface area contributed by atoms with E-state index in [1.165, 1.54) is 0 Å². The smallest absolute Gasteiger partial charge is 0.160 e. The van der Waals surface area contributed by atoms with Crippen molar-refractivity contribution >= 4 is 0 Å². The number of methoxy groups -OCH3 is 1. The minimum absolute atomic E-state index is 0.362. The maximum absolute atomic E-state index is 5.71. The lowest BCUT2D eigenvalue weighted by Gasteiger charge is -2.29. The third-order valence-corrected chi connectivity index (χ3v) is 3.54. The first kappa shape index (κ1) is 16.1. The summed E-state index contributed by atoms with van der Waals surface area (Å²) < 4.78 is 5.71. The van der Waals surface area contributed by atoms with Crippen molar-refractivity contribution in [3.8, 4) is 0 Å². The Hall–Kier alpha value is -1.00. The fourth-order valence-electron chi connectivity index (χ4n) is 2.18. The summed E-state index contributed by atoms with van der Waals surface area (Å²) in [6, 6.07) is 2.48. The summed E-state index contributed by atoms with van der Waals surface area (Å²) in [5.74, 6) is 0.806. The third kappa shape index (κ3) is 3.98. The standard InChI is InChI=1S/C15H27N3O/c1-7-15(8-2,19-6)14-17-12(5)9-13(18-14)10-16-11(3)4/h9,11,16H,7-8,10H2,1-6H3. The Morgan fingerprint density at radius 1 is 1.26 bits per heavy atom. The second kappa shape index (κ2) is 6.96. The number of aromatic nitrogens is 2. The van der Waals surface area contributed by atoms with Crippen LogP contribution >= 0.6 is 0 Å². The topological polar surface area (TPSA) is 47.0 Å². The molecule has 0 aliphatic heterocycles. The summed E-state index contributed by atoms with van der Waals surface area (Å²) in [4.78, 5) is 9.27. The summed E-state index contributed by atoms with van der Waals surface area (Å²) >= 11 is 0. The molecule has 1 aromatic heterocycles. The first-order valence-corrected chi connectivity index (χ1v) is 7.11. The Balaban J connectivity index is 3.07. The van der Waals surface area contributed by atoms with E-state index in [9.17, 15) is 0 Å². The van der Waals surface area contributed by atoms with Gasteiger partial charge in [-0.05, 0) is 25.8 Å². The van der Waals surface area contributed by atoms with Gasteiger partial charge in [-0.1, -0.05) is 27.7 Å². The molecule has 0 aliphatic carbocycles. The molecule has 0 saturated heterocycles. The second-order valence-electron chi connectivity index (χ2n) is 5.27. The van der Waals surface area contributed by atoms with E-state index in [1.807, 2.05) is 13.0 Å². The van der Waals surface area contributed by atoms with Gasteiger partial charge in [0.05, 0.1) is 5.69 Å². The minimum atomic E-state index is -0.362. The van der Waals surface area contributed by atoms with E-state index >= 15 is 0 Å². The highest BCUT2D eigenvalue weighted by molar-refractivity contribution is 5.14. The van der Waals surface area contributed by atoms with E-state index in [-0.39, 0.29) is 5.60 Å². The van der Waals surface area contributed by atoms with Gasteiger partial charge in [0.25, 0.3) is 0 Å². The van der Waals surface area contributed by atoms with Crippen molar-refractivity contribution in [2.75, 3.05) is 7.11 Å². The molecular weight excluding hydrogens is 238 g/mol. The van der Waals surface area contributed by atoms with Crippen LogP contribution in [0.25, 0.3) is 0 Å². The Labute approximate surface area is 117 Å². The molecule has 1 aromatic rings. The summed E-state index contributed by atoms with van der Waals surface area (Å²) in [5.41, 5.74) is 1.66. The minimum Gasteiger partial charge on any atom is -0.370 e. The maximum atomic E-state index is 5.71. The average Bonchev–Trinajstić information content (AvgIpc) is 2.39. The molecule has 0 aromatic carbocycles. The highest BCUT2D eigenvalue weighted by atomic mass is 16.5. The molecule has 0 saturated carbocycles. The molecule has 108 valence electrons. The summed E-state index contributed by atoms with van der Waals surface area (Å²) in [7, 11) is 1.74. The largest absolute Gasteiger partial charge is 0.370 e. The predicted molar refractivity (Wildman–Crippen MR) is 78.0 cm³/mol. The molecule has 1 rings (SSSR count). The number of ether oxygens (including phenoxy) is 1. The molecule has 0 aliphatic rings. The number of aryl methyl sites for hydroxylation is 1. The molecular formula is C15H27N3O. The first-order chi connectivity index (χ1) is 8.97. The molecule has 0 atom stereocenters. The number of nitrogens with one attached hydrogen (secondary N) is 1. The second-order valence-corrected chi connectivity index (χ2v) is 5.27. The zero-order valence-electron chi connectivity index (χ0n) is 13.1. The molecule has 19 heavy (non-hydrogen) atoms. The summed E-state index contributed by atoms with van der Waals surface area (Å²) in [6.45, 7) is 11.3. The fourth-order valence-corrected chi connectivity index (χ4v) is 2.18. The summed E-state index contributed by atoms with van der Waals surface area (Å²) in [5, 5.41) is 3.39. The van der Waals surface area contributed by atoms with Gasteiger partial charge in [-0.2, -0.15) is 0 Å². The van der Waals surface area contributed by atoms with Gasteiger partial charge in [-0.3, -0.25) is 0 Å². The van der Waals surface area contributed by atoms with Crippen molar-refractivity contribution in [2.24, 2.45) is 0 Å². The number of nitrogens with zero attached hydrogens (tertiary/aromatic N) is 2. The van der Waals surface area contributed by atoms with Crippen molar-refractivity contribution in [2.45, 2.75) is 65.6 Å². The van der Waals surface area contributed by atoms with Crippen LogP contribution in [-0.4, -0.2) is 23.1 Å². The van der Waals surface area contributed by atoms with Crippen LogP contribution in [0.4, 0.5) is 0 Å². The van der Waals surface area contributed by atoms with Crippen molar-refractivity contribution in [3.05, 3.63) is 23.3 Å². The zero-order valence-corrected chi connectivity index (χ0v) is 13.1. The van der Waals surface area contributed by atoms with Crippen LogP contribution in [0.3, 0.4) is 0 Å². The van der Waals surface area contributed by atoms with Crippen molar-refractivity contribution in [1.82, 2.24) is 15.3 Å². The Bertz CT molecular complexity index is 392. The van der Waals surface area contributed by atoms with E-state index < -0.39 is 0 Å². The van der Waals surface area contributed by atoms with Gasteiger partial charge in [-0.15, -0.1) is 0 Å². The van der Waals surface area contributed by atoms with Crippen LogP contribution in [-0.2, 0) is 16.9 Å². The molecule has 0 unspecified atom stereocenters. The molecule has 0 spiro atoms. The van der Waals surface area contributed by atoms with Gasteiger partial charge in [0.15, 0.2) is 5.82 Å². The molecule has 1 heterocycles. The first-order valence-electron chi connectivity index (χ1n) is 7.11. The Morgan fingerprint density at radius 3 is 2.37 bits per heavy atom. The zero-order chi connectivity index (χ0) is 14.5. The van der Waals surface area contributed by atoms with Crippen LogP contribution in [0, 0.1) is 6.92 Å². The quantitative estimate of drug-likeness (QED) is 0.823. The van der Waals surface area contributed by atoms with Crippen LogP contribution < -0.4 is 5.32 Å². The SMILES string of the molecule is CCC(CC)(OC)c1nc(C)cc(CNC(C)C)n1. The lowest BCUT2D eigenvalue weighted by atomic mass is 9.95. The lowest BCUT2D eigenvalue weighted by molar-refractivity contribution is -0.0294.